The second-order valence-corrected chi connectivity index (χ2v) is 8.10. The van der Waals surface area contributed by atoms with Crippen LogP contribution in [0.2, 0.25) is 0 Å². The van der Waals surface area contributed by atoms with Gasteiger partial charge in [0.1, 0.15) is 5.76 Å². The number of aryl methyl sites for hydroxylation is 1. The average molecular weight is 331 g/mol. The highest BCUT2D eigenvalue weighted by Gasteiger charge is 2.61. The second kappa shape index (κ2) is 6.36. The first-order chi connectivity index (χ1) is 11.3. The predicted molar refractivity (Wildman–Crippen MR) is 93.3 cm³/mol. The SMILES string of the molecule is CC(C)=C[C@H]1[C@H](C(=O)N2CCN(Cc3cc(C)on3)CC2)C1(C)C. The van der Waals surface area contributed by atoms with Crippen molar-refractivity contribution in [1.82, 2.24) is 15.0 Å². The van der Waals surface area contributed by atoms with Gasteiger partial charge in [0.2, 0.25) is 5.91 Å². The van der Waals surface area contributed by atoms with E-state index < -0.39 is 0 Å². The van der Waals surface area contributed by atoms with Gasteiger partial charge in [-0.15, -0.1) is 0 Å². The minimum absolute atomic E-state index is 0.101. The summed E-state index contributed by atoms with van der Waals surface area (Å²) >= 11 is 0. The summed E-state index contributed by atoms with van der Waals surface area (Å²) in [5.41, 5.74) is 2.37. The van der Waals surface area contributed by atoms with E-state index in [0.29, 0.717) is 11.8 Å². The number of amides is 1. The molecule has 2 atom stereocenters. The van der Waals surface area contributed by atoms with Gasteiger partial charge in [0, 0.05) is 38.8 Å². The zero-order valence-electron chi connectivity index (χ0n) is 15.5. The van der Waals surface area contributed by atoms with Gasteiger partial charge in [0.05, 0.1) is 11.6 Å². The number of carbonyl (C=O) groups excluding carboxylic acids is 1. The molecule has 1 aliphatic carbocycles. The zero-order valence-corrected chi connectivity index (χ0v) is 15.5. The monoisotopic (exact) mass is 331 g/mol. The Morgan fingerprint density at radius 1 is 1.33 bits per heavy atom. The number of hydrogen-bond acceptors (Lipinski definition) is 4. The van der Waals surface area contributed by atoms with Gasteiger partial charge in [-0.2, -0.15) is 0 Å². The lowest BCUT2D eigenvalue weighted by atomic mass is 10.1. The van der Waals surface area contributed by atoms with Crippen molar-refractivity contribution >= 4 is 5.91 Å². The Balaban J connectivity index is 1.53. The molecule has 24 heavy (non-hydrogen) atoms. The highest BCUT2D eigenvalue weighted by molar-refractivity contribution is 5.84. The van der Waals surface area contributed by atoms with E-state index in [1.165, 1.54) is 5.57 Å². The van der Waals surface area contributed by atoms with Gasteiger partial charge < -0.3 is 9.42 Å². The van der Waals surface area contributed by atoms with Gasteiger partial charge in [-0.25, -0.2) is 0 Å². The molecular formula is C19H29N3O2. The third-order valence-electron chi connectivity index (χ3n) is 5.44. The quantitative estimate of drug-likeness (QED) is 0.796. The van der Waals surface area contributed by atoms with Crippen LogP contribution >= 0.6 is 0 Å². The first-order valence-corrected chi connectivity index (χ1v) is 8.87. The summed E-state index contributed by atoms with van der Waals surface area (Å²) in [5.74, 6) is 1.72. The molecule has 5 nitrogen and oxygen atoms in total. The Bertz CT molecular complexity index is 635. The zero-order chi connectivity index (χ0) is 17.5. The molecule has 2 heterocycles. The molecule has 1 amide bonds. The smallest absolute Gasteiger partial charge is 0.226 e. The Morgan fingerprint density at radius 2 is 2.00 bits per heavy atom. The minimum atomic E-state index is 0.101. The van der Waals surface area contributed by atoms with Gasteiger partial charge in [0.15, 0.2) is 0 Å². The van der Waals surface area contributed by atoms with Crippen LogP contribution in [0.5, 0.6) is 0 Å². The number of rotatable bonds is 4. The van der Waals surface area contributed by atoms with E-state index >= 15 is 0 Å². The van der Waals surface area contributed by atoms with Gasteiger partial charge in [-0.1, -0.05) is 30.7 Å². The summed E-state index contributed by atoms with van der Waals surface area (Å²) in [4.78, 5) is 17.3. The molecule has 1 saturated carbocycles. The van der Waals surface area contributed by atoms with Crippen LogP contribution in [0.25, 0.3) is 0 Å². The van der Waals surface area contributed by atoms with Crippen LogP contribution in [0, 0.1) is 24.2 Å². The Labute approximate surface area is 144 Å². The Hall–Kier alpha value is -1.62. The number of carbonyl (C=O) groups is 1. The highest BCUT2D eigenvalue weighted by Crippen LogP contribution is 2.60. The number of piperazine rings is 1. The van der Waals surface area contributed by atoms with Crippen molar-refractivity contribution in [3.05, 3.63) is 29.2 Å². The summed E-state index contributed by atoms with van der Waals surface area (Å²) in [6.07, 6.45) is 2.27. The molecule has 0 aromatic carbocycles. The average Bonchev–Trinajstić information content (AvgIpc) is 2.82. The van der Waals surface area contributed by atoms with E-state index in [-0.39, 0.29) is 11.3 Å². The molecule has 0 radical (unpaired) electrons. The first-order valence-electron chi connectivity index (χ1n) is 8.87. The van der Waals surface area contributed by atoms with Crippen LogP contribution in [0.4, 0.5) is 0 Å². The van der Waals surface area contributed by atoms with E-state index in [4.69, 9.17) is 4.52 Å². The van der Waals surface area contributed by atoms with Crippen LogP contribution < -0.4 is 0 Å². The fourth-order valence-corrected chi connectivity index (χ4v) is 3.86. The van der Waals surface area contributed by atoms with E-state index in [2.05, 4.69) is 48.7 Å². The molecule has 0 spiro atoms. The highest BCUT2D eigenvalue weighted by atomic mass is 16.5. The molecular weight excluding hydrogens is 302 g/mol. The molecule has 0 unspecified atom stereocenters. The van der Waals surface area contributed by atoms with Crippen LogP contribution in [-0.4, -0.2) is 47.0 Å². The van der Waals surface area contributed by atoms with E-state index in [1.807, 2.05) is 13.0 Å². The van der Waals surface area contributed by atoms with Gasteiger partial charge in [0.25, 0.3) is 0 Å². The van der Waals surface area contributed by atoms with E-state index in [1.54, 1.807) is 0 Å². The molecule has 1 aromatic rings. The second-order valence-electron chi connectivity index (χ2n) is 8.10. The molecule has 0 N–H and O–H groups in total. The predicted octanol–water partition coefficient (Wildman–Crippen LogP) is 2.87. The van der Waals surface area contributed by atoms with E-state index in [9.17, 15) is 4.79 Å². The third-order valence-corrected chi connectivity index (χ3v) is 5.44. The van der Waals surface area contributed by atoms with Crippen molar-refractivity contribution < 1.29 is 9.32 Å². The molecule has 1 aliphatic heterocycles. The largest absolute Gasteiger partial charge is 0.361 e. The molecule has 5 heteroatoms. The fraction of sp³-hybridized carbons (Fsp3) is 0.684. The van der Waals surface area contributed by atoms with Gasteiger partial charge in [-0.05, 0) is 32.1 Å². The van der Waals surface area contributed by atoms with Crippen LogP contribution in [0.1, 0.15) is 39.1 Å². The number of allylic oxidation sites excluding steroid dienone is 2. The number of nitrogens with zero attached hydrogens (tertiary/aromatic N) is 3. The Kier molecular flexibility index (Phi) is 4.56. The maximum Gasteiger partial charge on any atom is 0.226 e. The van der Waals surface area contributed by atoms with Crippen molar-refractivity contribution in [3.63, 3.8) is 0 Å². The van der Waals surface area contributed by atoms with Gasteiger partial charge >= 0.3 is 0 Å². The van der Waals surface area contributed by atoms with Crippen molar-refractivity contribution in [3.8, 4) is 0 Å². The molecule has 3 rings (SSSR count). The first kappa shape index (κ1) is 17.2. The lowest BCUT2D eigenvalue weighted by Crippen LogP contribution is -2.49. The molecule has 2 aliphatic rings. The molecule has 0 bridgehead atoms. The molecule has 2 fully saturated rings. The summed E-state index contributed by atoms with van der Waals surface area (Å²) in [7, 11) is 0. The topological polar surface area (TPSA) is 49.6 Å². The summed E-state index contributed by atoms with van der Waals surface area (Å²) in [5, 5.41) is 4.06. The van der Waals surface area contributed by atoms with Crippen LogP contribution in [0.15, 0.2) is 22.2 Å². The van der Waals surface area contributed by atoms with E-state index in [0.717, 1.165) is 44.2 Å². The summed E-state index contributed by atoms with van der Waals surface area (Å²) < 4.78 is 5.12. The van der Waals surface area contributed by atoms with Crippen molar-refractivity contribution in [2.75, 3.05) is 26.2 Å². The van der Waals surface area contributed by atoms with Crippen molar-refractivity contribution in [1.29, 1.82) is 0 Å². The standard InChI is InChI=1S/C19H29N3O2/c1-13(2)10-16-17(19(16,4)5)18(23)22-8-6-21(7-9-22)12-15-11-14(3)24-20-15/h10-11,16-17H,6-9,12H2,1-5H3/t16-,17+/m0/s1. The maximum absolute atomic E-state index is 12.9. The number of hydrogen-bond donors (Lipinski definition) is 0. The summed E-state index contributed by atoms with van der Waals surface area (Å²) in [6, 6.07) is 1.98. The van der Waals surface area contributed by atoms with Crippen LogP contribution in [-0.2, 0) is 11.3 Å². The van der Waals surface area contributed by atoms with Crippen molar-refractivity contribution in [2.24, 2.45) is 17.3 Å². The number of aromatic nitrogens is 1. The lowest BCUT2D eigenvalue weighted by Gasteiger charge is -2.34. The third kappa shape index (κ3) is 3.41. The lowest BCUT2D eigenvalue weighted by molar-refractivity contribution is -0.135. The minimum Gasteiger partial charge on any atom is -0.361 e. The molecule has 1 saturated heterocycles. The maximum atomic E-state index is 12.9. The summed E-state index contributed by atoms with van der Waals surface area (Å²) in [6.45, 7) is 14.8. The molecule has 132 valence electrons. The molecule has 1 aromatic heterocycles. The van der Waals surface area contributed by atoms with Crippen molar-refractivity contribution in [2.45, 2.75) is 41.2 Å². The fourth-order valence-electron chi connectivity index (χ4n) is 3.86. The normalized spacial score (nSPS) is 26.3. The Morgan fingerprint density at radius 3 is 2.54 bits per heavy atom. The van der Waals surface area contributed by atoms with Gasteiger partial charge in [-0.3, -0.25) is 9.69 Å². The van der Waals surface area contributed by atoms with Crippen LogP contribution in [0.3, 0.4) is 0 Å².